The smallest absolute Gasteiger partial charge is 0.242 e. The van der Waals surface area contributed by atoms with E-state index in [0.29, 0.717) is 18.8 Å². The number of anilines is 1. The lowest BCUT2D eigenvalue weighted by Crippen LogP contribution is -2.24. The summed E-state index contributed by atoms with van der Waals surface area (Å²) in [5.41, 5.74) is 5.35. The Balaban J connectivity index is 2.77. The molecule has 15 heavy (non-hydrogen) atoms. The topological polar surface area (TPSA) is 85.1 Å². The molecule has 0 fully saturated rings. The maximum absolute atomic E-state index is 11.6. The zero-order valence-electron chi connectivity index (χ0n) is 8.18. The van der Waals surface area contributed by atoms with Crippen molar-refractivity contribution < 1.29 is 8.42 Å². The summed E-state index contributed by atoms with van der Waals surface area (Å²) >= 11 is 0. The van der Waals surface area contributed by atoms with E-state index in [-0.39, 0.29) is 4.90 Å². The summed E-state index contributed by atoms with van der Waals surface area (Å²) < 4.78 is 25.6. The first-order valence-corrected chi connectivity index (χ1v) is 5.86. The molecular weight excluding hydrogens is 214 g/mol. The van der Waals surface area contributed by atoms with E-state index in [1.54, 1.807) is 6.08 Å². The third kappa shape index (κ3) is 3.34. The Morgan fingerprint density at radius 1 is 1.53 bits per heavy atom. The molecule has 0 aliphatic heterocycles. The van der Waals surface area contributed by atoms with Crippen LogP contribution >= 0.6 is 0 Å². The lowest BCUT2D eigenvalue weighted by atomic mass is 10.4. The monoisotopic (exact) mass is 227 g/mol. The van der Waals surface area contributed by atoms with E-state index in [2.05, 4.69) is 16.3 Å². The van der Waals surface area contributed by atoms with E-state index in [4.69, 9.17) is 5.73 Å². The molecule has 82 valence electrons. The standard InChI is InChI=1S/C9H13N3O2S/c1-2-3-6-12-15(13,14)8-4-5-9(10)11-7-8/h2,4-5,7,12H,1,3,6H2,(H2,10,11). The molecule has 0 aliphatic carbocycles. The summed E-state index contributed by atoms with van der Waals surface area (Å²) in [4.78, 5) is 3.82. The zero-order valence-corrected chi connectivity index (χ0v) is 9.00. The van der Waals surface area contributed by atoms with Crippen LogP contribution in [0.1, 0.15) is 6.42 Å². The van der Waals surface area contributed by atoms with Crippen LogP contribution < -0.4 is 10.5 Å². The van der Waals surface area contributed by atoms with Crippen molar-refractivity contribution in [1.82, 2.24) is 9.71 Å². The highest BCUT2D eigenvalue weighted by Gasteiger charge is 2.12. The van der Waals surface area contributed by atoms with Gasteiger partial charge in [0.05, 0.1) is 0 Å². The van der Waals surface area contributed by atoms with Gasteiger partial charge in [-0.2, -0.15) is 0 Å². The van der Waals surface area contributed by atoms with E-state index in [1.165, 1.54) is 18.3 Å². The minimum absolute atomic E-state index is 0.112. The number of pyridine rings is 1. The molecule has 0 radical (unpaired) electrons. The molecule has 0 atom stereocenters. The molecule has 0 unspecified atom stereocenters. The van der Waals surface area contributed by atoms with Gasteiger partial charge in [-0.15, -0.1) is 6.58 Å². The summed E-state index contributed by atoms with van der Waals surface area (Å²) in [5, 5.41) is 0. The lowest BCUT2D eigenvalue weighted by Gasteiger charge is -2.04. The number of nitrogens with zero attached hydrogens (tertiary/aromatic N) is 1. The molecule has 5 nitrogen and oxygen atoms in total. The van der Waals surface area contributed by atoms with Crippen LogP contribution in [0.4, 0.5) is 5.82 Å². The van der Waals surface area contributed by atoms with Gasteiger partial charge in [-0.25, -0.2) is 18.1 Å². The molecule has 3 N–H and O–H groups in total. The largest absolute Gasteiger partial charge is 0.384 e. The summed E-state index contributed by atoms with van der Waals surface area (Å²) in [6.45, 7) is 3.83. The van der Waals surface area contributed by atoms with E-state index in [9.17, 15) is 8.42 Å². The maximum atomic E-state index is 11.6. The second-order valence-electron chi connectivity index (χ2n) is 2.89. The first-order chi connectivity index (χ1) is 7.06. The summed E-state index contributed by atoms with van der Waals surface area (Å²) in [7, 11) is -3.47. The van der Waals surface area contributed by atoms with Gasteiger partial charge < -0.3 is 5.73 Å². The Kier molecular flexibility index (Phi) is 3.81. The summed E-state index contributed by atoms with van der Waals surface area (Å²) in [6.07, 6.45) is 3.46. The Morgan fingerprint density at radius 3 is 2.80 bits per heavy atom. The predicted molar refractivity (Wildman–Crippen MR) is 58.7 cm³/mol. The highest BCUT2D eigenvalue weighted by atomic mass is 32.2. The predicted octanol–water partition coefficient (Wildman–Crippen LogP) is 0.518. The van der Waals surface area contributed by atoms with Crippen LogP contribution in [-0.2, 0) is 10.0 Å². The van der Waals surface area contributed by atoms with Gasteiger partial charge in [0.2, 0.25) is 10.0 Å². The fourth-order valence-electron chi connectivity index (χ4n) is 0.929. The van der Waals surface area contributed by atoms with Crippen molar-refractivity contribution in [2.24, 2.45) is 0 Å². The molecule has 0 spiro atoms. The van der Waals surface area contributed by atoms with Crippen LogP contribution in [0.3, 0.4) is 0 Å². The Bertz CT molecular complexity index is 425. The number of nitrogens with one attached hydrogen (secondary N) is 1. The molecule has 0 aromatic carbocycles. The first-order valence-electron chi connectivity index (χ1n) is 4.38. The molecular formula is C9H13N3O2S. The number of rotatable bonds is 5. The molecule has 1 aromatic heterocycles. The minimum atomic E-state index is -3.47. The van der Waals surface area contributed by atoms with Crippen molar-refractivity contribution in [2.75, 3.05) is 12.3 Å². The SMILES string of the molecule is C=CCCNS(=O)(=O)c1ccc(N)nc1. The van der Waals surface area contributed by atoms with Crippen molar-refractivity contribution >= 4 is 15.8 Å². The van der Waals surface area contributed by atoms with Crippen LogP contribution in [0.25, 0.3) is 0 Å². The number of aromatic nitrogens is 1. The van der Waals surface area contributed by atoms with Crippen LogP contribution in [0.15, 0.2) is 35.9 Å². The van der Waals surface area contributed by atoms with Crippen molar-refractivity contribution in [3.05, 3.63) is 31.0 Å². The van der Waals surface area contributed by atoms with Crippen molar-refractivity contribution in [3.8, 4) is 0 Å². The first kappa shape index (κ1) is 11.7. The van der Waals surface area contributed by atoms with Gasteiger partial charge in [-0.05, 0) is 18.6 Å². The van der Waals surface area contributed by atoms with E-state index >= 15 is 0 Å². The van der Waals surface area contributed by atoms with Crippen molar-refractivity contribution in [1.29, 1.82) is 0 Å². The van der Waals surface area contributed by atoms with Gasteiger partial charge >= 0.3 is 0 Å². The lowest BCUT2D eigenvalue weighted by molar-refractivity contribution is 0.582. The molecule has 1 heterocycles. The molecule has 0 aliphatic rings. The van der Waals surface area contributed by atoms with Gasteiger partial charge in [0.25, 0.3) is 0 Å². The molecule has 0 saturated heterocycles. The maximum Gasteiger partial charge on any atom is 0.242 e. The number of nitrogens with two attached hydrogens (primary N) is 1. The number of sulfonamides is 1. The van der Waals surface area contributed by atoms with Crippen LogP contribution in [-0.4, -0.2) is 19.9 Å². The van der Waals surface area contributed by atoms with Gasteiger partial charge in [0, 0.05) is 12.7 Å². The minimum Gasteiger partial charge on any atom is -0.384 e. The van der Waals surface area contributed by atoms with Gasteiger partial charge in [0.1, 0.15) is 10.7 Å². The average molecular weight is 227 g/mol. The quantitative estimate of drug-likeness (QED) is 0.567. The van der Waals surface area contributed by atoms with E-state index in [1.807, 2.05) is 0 Å². The molecule has 0 saturated carbocycles. The molecule has 0 bridgehead atoms. The molecule has 0 amide bonds. The van der Waals surface area contributed by atoms with Crippen LogP contribution in [0, 0.1) is 0 Å². The summed E-state index contributed by atoms with van der Waals surface area (Å²) in [6, 6.07) is 2.86. The van der Waals surface area contributed by atoms with E-state index in [0.717, 1.165) is 0 Å². The normalized spacial score (nSPS) is 11.2. The number of nitrogen functional groups attached to an aromatic ring is 1. The van der Waals surface area contributed by atoms with Gasteiger partial charge in [-0.3, -0.25) is 0 Å². The Labute approximate surface area is 89.1 Å². The van der Waals surface area contributed by atoms with E-state index < -0.39 is 10.0 Å². The Morgan fingerprint density at radius 2 is 2.27 bits per heavy atom. The third-order valence-electron chi connectivity index (χ3n) is 1.71. The number of hydrogen-bond acceptors (Lipinski definition) is 4. The summed E-state index contributed by atoms with van der Waals surface area (Å²) in [5.74, 6) is 0.292. The van der Waals surface area contributed by atoms with Gasteiger partial charge in [-0.1, -0.05) is 6.08 Å². The second kappa shape index (κ2) is 4.90. The highest BCUT2D eigenvalue weighted by molar-refractivity contribution is 7.89. The second-order valence-corrected chi connectivity index (χ2v) is 4.66. The average Bonchev–Trinajstić information content (AvgIpc) is 2.18. The number of hydrogen-bond donors (Lipinski definition) is 2. The zero-order chi connectivity index (χ0) is 11.3. The Hall–Kier alpha value is -1.40. The molecule has 1 rings (SSSR count). The van der Waals surface area contributed by atoms with Crippen molar-refractivity contribution in [2.45, 2.75) is 11.3 Å². The molecule has 6 heteroatoms. The van der Waals surface area contributed by atoms with Crippen molar-refractivity contribution in [3.63, 3.8) is 0 Å². The fourth-order valence-corrected chi connectivity index (χ4v) is 1.92. The fraction of sp³-hybridized carbons (Fsp3) is 0.222. The van der Waals surface area contributed by atoms with Crippen LogP contribution in [0.2, 0.25) is 0 Å². The van der Waals surface area contributed by atoms with Gasteiger partial charge in [0.15, 0.2) is 0 Å². The molecule has 1 aromatic rings. The highest BCUT2D eigenvalue weighted by Crippen LogP contribution is 2.08. The van der Waals surface area contributed by atoms with Crippen LogP contribution in [0.5, 0.6) is 0 Å². The third-order valence-corrected chi connectivity index (χ3v) is 3.16.